The molecule has 25 heavy (non-hydrogen) atoms. The predicted molar refractivity (Wildman–Crippen MR) is 99.4 cm³/mol. The highest BCUT2D eigenvalue weighted by Gasteiger charge is 2.11. The summed E-state index contributed by atoms with van der Waals surface area (Å²) in [4.78, 5) is 18.0. The average molecular weight is 341 g/mol. The zero-order chi connectivity index (χ0) is 17.7. The average Bonchev–Trinajstić information content (AvgIpc) is 2.66. The Morgan fingerprint density at radius 1 is 0.960 bits per heavy atom. The number of hydrogen-bond acceptors (Lipinski definition) is 3. The molecule has 2 aromatic rings. The number of pyridine rings is 1. The number of nitrogens with one attached hydrogen (secondary N) is 1. The minimum Gasteiger partial charge on any atom is -0.395 e. The molecule has 0 saturated carbocycles. The van der Waals surface area contributed by atoms with Gasteiger partial charge in [-0.05, 0) is 48.9 Å². The zero-order valence-corrected chi connectivity index (χ0v) is 14.6. The fourth-order valence-electron chi connectivity index (χ4n) is 2.70. The number of aryl methyl sites for hydroxylation is 2. The lowest BCUT2D eigenvalue weighted by atomic mass is 10.1. The molecular formula is C20H27N3O2. The van der Waals surface area contributed by atoms with E-state index in [9.17, 15) is 9.90 Å². The summed E-state index contributed by atoms with van der Waals surface area (Å²) in [7, 11) is 0. The number of carbonyl (C=O) groups is 1. The summed E-state index contributed by atoms with van der Waals surface area (Å²) >= 11 is 0. The van der Waals surface area contributed by atoms with Gasteiger partial charge in [0, 0.05) is 32.0 Å². The maximum absolute atomic E-state index is 12.3. The Kier molecular flexibility index (Phi) is 8.49. The lowest BCUT2D eigenvalue weighted by molar-refractivity contribution is 0.176. The Labute approximate surface area is 149 Å². The number of urea groups is 1. The van der Waals surface area contributed by atoms with Crippen LogP contribution in [0.2, 0.25) is 0 Å². The van der Waals surface area contributed by atoms with Crippen molar-refractivity contribution in [3.05, 3.63) is 66.0 Å². The molecular weight excluding hydrogens is 314 g/mol. The highest BCUT2D eigenvalue weighted by atomic mass is 16.3. The zero-order valence-electron chi connectivity index (χ0n) is 14.6. The van der Waals surface area contributed by atoms with Crippen molar-refractivity contribution in [2.24, 2.45) is 0 Å². The van der Waals surface area contributed by atoms with Crippen molar-refractivity contribution < 1.29 is 9.90 Å². The molecule has 5 heteroatoms. The first-order chi connectivity index (χ1) is 12.3. The third-order valence-electron chi connectivity index (χ3n) is 4.06. The van der Waals surface area contributed by atoms with Gasteiger partial charge >= 0.3 is 6.03 Å². The van der Waals surface area contributed by atoms with Crippen LogP contribution in [0.25, 0.3) is 0 Å². The molecule has 2 rings (SSSR count). The molecule has 0 spiro atoms. The molecule has 134 valence electrons. The minimum atomic E-state index is -0.100. The van der Waals surface area contributed by atoms with E-state index in [1.54, 1.807) is 17.3 Å². The molecule has 1 aromatic heterocycles. The molecule has 5 nitrogen and oxygen atoms in total. The van der Waals surface area contributed by atoms with Gasteiger partial charge in [-0.1, -0.05) is 30.3 Å². The number of carbonyl (C=O) groups excluding carboxylic acids is 1. The normalized spacial score (nSPS) is 10.4. The van der Waals surface area contributed by atoms with E-state index in [0.717, 1.165) is 25.7 Å². The van der Waals surface area contributed by atoms with Crippen LogP contribution in [0.5, 0.6) is 0 Å². The Bertz CT molecular complexity index is 605. The van der Waals surface area contributed by atoms with Crippen LogP contribution >= 0.6 is 0 Å². The fraction of sp³-hybridized carbons (Fsp3) is 0.400. The van der Waals surface area contributed by atoms with Gasteiger partial charge in [-0.15, -0.1) is 0 Å². The lowest BCUT2D eigenvalue weighted by Gasteiger charge is -2.22. The molecule has 0 unspecified atom stereocenters. The monoisotopic (exact) mass is 341 g/mol. The first-order valence-corrected chi connectivity index (χ1v) is 8.86. The number of rotatable bonds is 10. The number of benzene rings is 1. The van der Waals surface area contributed by atoms with E-state index in [4.69, 9.17) is 0 Å². The van der Waals surface area contributed by atoms with Crippen LogP contribution in [-0.4, -0.2) is 47.3 Å². The topological polar surface area (TPSA) is 65.5 Å². The van der Waals surface area contributed by atoms with Crippen molar-refractivity contribution in [1.29, 1.82) is 0 Å². The molecule has 0 aliphatic heterocycles. The van der Waals surface area contributed by atoms with Crippen LogP contribution in [0.3, 0.4) is 0 Å². The number of aromatic nitrogens is 1. The molecule has 1 heterocycles. The number of nitrogens with zero attached hydrogens (tertiary/aromatic N) is 2. The lowest BCUT2D eigenvalue weighted by Crippen LogP contribution is -2.42. The van der Waals surface area contributed by atoms with E-state index in [2.05, 4.69) is 22.4 Å². The molecule has 0 fully saturated rings. The number of hydrogen-bond donors (Lipinski definition) is 2. The highest BCUT2D eigenvalue weighted by Crippen LogP contribution is 2.04. The van der Waals surface area contributed by atoms with Crippen LogP contribution in [0.15, 0.2) is 54.9 Å². The van der Waals surface area contributed by atoms with Crippen LogP contribution in [0.1, 0.15) is 24.0 Å². The summed E-state index contributed by atoms with van der Waals surface area (Å²) in [5.41, 5.74) is 2.49. The fourth-order valence-corrected chi connectivity index (χ4v) is 2.70. The Balaban J connectivity index is 1.68. The molecule has 0 atom stereocenters. The third-order valence-corrected chi connectivity index (χ3v) is 4.06. The highest BCUT2D eigenvalue weighted by molar-refractivity contribution is 5.74. The number of aliphatic hydroxyl groups excluding tert-OH is 1. The summed E-state index contributed by atoms with van der Waals surface area (Å²) in [6, 6.07) is 14.1. The van der Waals surface area contributed by atoms with E-state index in [-0.39, 0.29) is 12.6 Å². The van der Waals surface area contributed by atoms with Gasteiger partial charge in [-0.25, -0.2) is 4.79 Å². The Morgan fingerprint density at radius 2 is 1.64 bits per heavy atom. The number of aliphatic hydroxyl groups is 1. The molecule has 2 amide bonds. The van der Waals surface area contributed by atoms with E-state index in [1.165, 1.54) is 11.1 Å². The second-order valence-electron chi connectivity index (χ2n) is 5.99. The largest absolute Gasteiger partial charge is 0.395 e. The minimum absolute atomic E-state index is 0.0181. The first-order valence-electron chi connectivity index (χ1n) is 8.86. The molecule has 0 aliphatic rings. The second-order valence-corrected chi connectivity index (χ2v) is 5.99. The van der Waals surface area contributed by atoms with Crippen LogP contribution in [-0.2, 0) is 12.8 Å². The first kappa shape index (κ1) is 18.9. The molecule has 0 aliphatic carbocycles. The van der Waals surface area contributed by atoms with Gasteiger partial charge < -0.3 is 15.3 Å². The van der Waals surface area contributed by atoms with E-state index < -0.39 is 0 Å². The van der Waals surface area contributed by atoms with Crippen molar-refractivity contribution in [3.8, 4) is 0 Å². The molecule has 0 radical (unpaired) electrons. The summed E-state index contributed by atoms with van der Waals surface area (Å²) < 4.78 is 0. The van der Waals surface area contributed by atoms with Crippen molar-refractivity contribution >= 4 is 6.03 Å². The van der Waals surface area contributed by atoms with Gasteiger partial charge in [-0.2, -0.15) is 0 Å². The van der Waals surface area contributed by atoms with Crippen molar-refractivity contribution in [3.63, 3.8) is 0 Å². The van der Waals surface area contributed by atoms with Gasteiger partial charge in [0.05, 0.1) is 6.61 Å². The Hall–Kier alpha value is -2.40. The van der Waals surface area contributed by atoms with Gasteiger partial charge in [0.1, 0.15) is 0 Å². The third kappa shape index (κ3) is 7.35. The van der Waals surface area contributed by atoms with Crippen LogP contribution in [0.4, 0.5) is 4.79 Å². The summed E-state index contributed by atoms with van der Waals surface area (Å²) in [5.74, 6) is 0. The van der Waals surface area contributed by atoms with Crippen molar-refractivity contribution in [2.45, 2.75) is 25.7 Å². The van der Waals surface area contributed by atoms with Crippen LogP contribution in [0, 0.1) is 0 Å². The SMILES string of the molecule is O=C(NCCCc1ccncc1)N(CCO)CCCc1ccccc1. The molecule has 2 N–H and O–H groups in total. The summed E-state index contributed by atoms with van der Waals surface area (Å²) in [6.45, 7) is 1.62. The standard InChI is InChI=1S/C20H27N3O2/c24-17-16-23(15-5-9-18-6-2-1-3-7-18)20(25)22-12-4-8-19-10-13-21-14-11-19/h1-3,6-7,10-11,13-14,24H,4-5,8-9,12,15-17H2,(H,22,25). The van der Waals surface area contributed by atoms with E-state index in [0.29, 0.717) is 19.6 Å². The van der Waals surface area contributed by atoms with Gasteiger partial charge in [0.25, 0.3) is 0 Å². The Morgan fingerprint density at radius 3 is 2.36 bits per heavy atom. The van der Waals surface area contributed by atoms with Gasteiger partial charge in [0.2, 0.25) is 0 Å². The quantitative estimate of drug-likeness (QED) is 0.653. The van der Waals surface area contributed by atoms with Crippen LogP contribution < -0.4 is 5.32 Å². The van der Waals surface area contributed by atoms with Crippen molar-refractivity contribution in [1.82, 2.24) is 15.2 Å². The van der Waals surface area contributed by atoms with E-state index >= 15 is 0 Å². The van der Waals surface area contributed by atoms with E-state index in [1.807, 2.05) is 30.3 Å². The van der Waals surface area contributed by atoms with Crippen molar-refractivity contribution in [2.75, 3.05) is 26.2 Å². The smallest absolute Gasteiger partial charge is 0.317 e. The predicted octanol–water partition coefficient (Wildman–Crippen LogP) is 2.65. The van der Waals surface area contributed by atoms with Gasteiger partial charge in [-0.3, -0.25) is 4.98 Å². The second kappa shape index (κ2) is 11.2. The maximum Gasteiger partial charge on any atom is 0.317 e. The maximum atomic E-state index is 12.3. The molecule has 0 saturated heterocycles. The number of amides is 2. The summed E-state index contributed by atoms with van der Waals surface area (Å²) in [6.07, 6.45) is 7.17. The molecule has 0 bridgehead atoms. The van der Waals surface area contributed by atoms with Gasteiger partial charge in [0.15, 0.2) is 0 Å². The summed E-state index contributed by atoms with van der Waals surface area (Å²) in [5, 5.41) is 12.1. The molecule has 1 aromatic carbocycles.